The van der Waals surface area contributed by atoms with E-state index in [1.54, 1.807) is 26.0 Å². The lowest BCUT2D eigenvalue weighted by Gasteiger charge is -2.16. The zero-order valence-electron chi connectivity index (χ0n) is 18.7. The first kappa shape index (κ1) is 23.8. The highest BCUT2D eigenvalue weighted by Crippen LogP contribution is 2.25. The lowest BCUT2D eigenvalue weighted by atomic mass is 9.98. The molecule has 1 atom stereocenters. The van der Waals surface area contributed by atoms with Gasteiger partial charge in [0.05, 0.1) is 11.8 Å². The molecule has 1 amide bonds. The quantitative estimate of drug-likeness (QED) is 0.452. The Morgan fingerprint density at radius 1 is 0.938 bits per heavy atom. The maximum Gasteiger partial charge on any atom is 0.251 e. The third kappa shape index (κ3) is 6.31. The minimum Gasteiger partial charge on any atom is -0.492 e. The second-order valence-corrected chi connectivity index (χ2v) is 10.4. The molecule has 0 radical (unpaired) electrons. The molecule has 3 rings (SSSR count). The molecule has 3 aromatic rings. The summed E-state index contributed by atoms with van der Waals surface area (Å²) in [6.45, 7) is 6.48. The minimum absolute atomic E-state index is 0.0528. The molecule has 0 bridgehead atoms. The van der Waals surface area contributed by atoms with Gasteiger partial charge in [0.15, 0.2) is 0 Å². The topological polar surface area (TPSA) is 84.5 Å². The fourth-order valence-electron chi connectivity index (χ4n) is 3.19. The van der Waals surface area contributed by atoms with Crippen molar-refractivity contribution in [3.8, 4) is 5.75 Å². The SMILES string of the molecule is CC(CNS(=O)(=O)C(C)C)c1ccc2cc(OCCNC(=O)c3ccccc3)ccc2c1. The fraction of sp³-hybridized carbons (Fsp3) is 0.320. The predicted molar refractivity (Wildman–Crippen MR) is 129 cm³/mol. The van der Waals surface area contributed by atoms with Gasteiger partial charge in [-0.2, -0.15) is 0 Å². The van der Waals surface area contributed by atoms with Crippen LogP contribution >= 0.6 is 0 Å². The first-order valence-corrected chi connectivity index (χ1v) is 12.3. The molecular weight excluding hydrogens is 424 g/mol. The minimum atomic E-state index is -3.27. The summed E-state index contributed by atoms with van der Waals surface area (Å²) < 4.78 is 32.4. The molecule has 0 aliphatic carbocycles. The van der Waals surface area contributed by atoms with Crippen molar-refractivity contribution in [1.82, 2.24) is 10.0 Å². The van der Waals surface area contributed by atoms with E-state index in [9.17, 15) is 13.2 Å². The largest absolute Gasteiger partial charge is 0.492 e. The number of nitrogens with one attached hydrogen (secondary N) is 2. The van der Waals surface area contributed by atoms with Crippen molar-refractivity contribution >= 4 is 26.7 Å². The van der Waals surface area contributed by atoms with E-state index in [2.05, 4.69) is 16.1 Å². The molecular formula is C25H30N2O4S. The van der Waals surface area contributed by atoms with E-state index in [4.69, 9.17) is 4.74 Å². The molecule has 1 unspecified atom stereocenters. The smallest absolute Gasteiger partial charge is 0.251 e. The van der Waals surface area contributed by atoms with Crippen LogP contribution in [0, 0.1) is 0 Å². The number of hydrogen-bond donors (Lipinski definition) is 2. The lowest BCUT2D eigenvalue weighted by Crippen LogP contribution is -2.33. The van der Waals surface area contributed by atoms with Crippen molar-refractivity contribution in [2.75, 3.05) is 19.7 Å². The zero-order valence-corrected chi connectivity index (χ0v) is 19.5. The number of sulfonamides is 1. The summed E-state index contributed by atoms with van der Waals surface area (Å²) in [5.74, 6) is 0.666. The van der Waals surface area contributed by atoms with Crippen molar-refractivity contribution in [1.29, 1.82) is 0 Å². The van der Waals surface area contributed by atoms with Crippen LogP contribution in [0.3, 0.4) is 0 Å². The van der Waals surface area contributed by atoms with Crippen molar-refractivity contribution < 1.29 is 17.9 Å². The second-order valence-electron chi connectivity index (χ2n) is 8.08. The lowest BCUT2D eigenvalue weighted by molar-refractivity contribution is 0.0947. The highest BCUT2D eigenvalue weighted by molar-refractivity contribution is 7.90. The molecule has 0 spiro atoms. The van der Waals surface area contributed by atoms with Crippen molar-refractivity contribution in [2.24, 2.45) is 0 Å². The van der Waals surface area contributed by atoms with Gasteiger partial charge in [-0.1, -0.05) is 49.4 Å². The number of hydrogen-bond acceptors (Lipinski definition) is 4. The van der Waals surface area contributed by atoms with Crippen molar-refractivity contribution in [3.05, 3.63) is 77.9 Å². The van der Waals surface area contributed by atoms with E-state index in [1.165, 1.54) is 0 Å². The Labute approximate surface area is 190 Å². The van der Waals surface area contributed by atoms with E-state index in [1.807, 2.05) is 55.5 Å². The van der Waals surface area contributed by atoms with Crippen LogP contribution in [0.1, 0.15) is 42.6 Å². The average molecular weight is 455 g/mol. The van der Waals surface area contributed by atoms with Crippen LogP contribution < -0.4 is 14.8 Å². The highest BCUT2D eigenvalue weighted by atomic mass is 32.2. The Balaban J connectivity index is 1.54. The fourth-order valence-corrected chi connectivity index (χ4v) is 4.00. The average Bonchev–Trinajstić information content (AvgIpc) is 2.80. The third-order valence-corrected chi connectivity index (χ3v) is 7.12. The summed E-state index contributed by atoms with van der Waals surface area (Å²) in [6.07, 6.45) is 0. The van der Waals surface area contributed by atoms with Gasteiger partial charge in [0, 0.05) is 12.1 Å². The third-order valence-electron chi connectivity index (χ3n) is 5.31. The molecule has 0 saturated carbocycles. The number of carbonyl (C=O) groups excluding carboxylic acids is 1. The molecule has 0 aliphatic rings. The Kier molecular flexibility index (Phi) is 7.88. The van der Waals surface area contributed by atoms with E-state index < -0.39 is 15.3 Å². The summed E-state index contributed by atoms with van der Waals surface area (Å²) in [4.78, 5) is 12.0. The Morgan fingerprint density at radius 3 is 2.34 bits per heavy atom. The number of benzene rings is 3. The van der Waals surface area contributed by atoms with E-state index in [0.29, 0.717) is 25.3 Å². The maximum absolute atomic E-state index is 12.0. The first-order valence-electron chi connectivity index (χ1n) is 10.7. The summed E-state index contributed by atoms with van der Waals surface area (Å²) >= 11 is 0. The van der Waals surface area contributed by atoms with Gasteiger partial charge in [-0.3, -0.25) is 4.79 Å². The standard InChI is InChI=1S/C25H30N2O4S/c1-18(2)32(29,30)27-17-19(3)21-9-10-23-16-24(12-11-22(23)15-21)31-14-13-26-25(28)20-7-5-4-6-8-20/h4-12,15-16,18-19,27H,13-14,17H2,1-3H3,(H,26,28). The number of amides is 1. The molecule has 6 nitrogen and oxygen atoms in total. The van der Waals surface area contributed by atoms with Crippen LogP contribution in [0.25, 0.3) is 10.8 Å². The van der Waals surface area contributed by atoms with Gasteiger partial charge in [-0.25, -0.2) is 13.1 Å². The summed E-state index contributed by atoms with van der Waals surface area (Å²) in [5.41, 5.74) is 1.70. The molecule has 32 heavy (non-hydrogen) atoms. The van der Waals surface area contributed by atoms with Gasteiger partial charge in [0.2, 0.25) is 10.0 Å². The van der Waals surface area contributed by atoms with Gasteiger partial charge in [-0.15, -0.1) is 0 Å². The Hall–Kier alpha value is -2.90. The monoisotopic (exact) mass is 454 g/mol. The van der Waals surface area contributed by atoms with E-state index in [0.717, 1.165) is 22.1 Å². The van der Waals surface area contributed by atoms with E-state index in [-0.39, 0.29) is 11.8 Å². The summed E-state index contributed by atoms with van der Waals surface area (Å²) in [7, 11) is -3.27. The Morgan fingerprint density at radius 2 is 1.62 bits per heavy atom. The number of fused-ring (bicyclic) bond motifs is 1. The van der Waals surface area contributed by atoms with Crippen molar-refractivity contribution in [3.63, 3.8) is 0 Å². The first-order chi connectivity index (χ1) is 15.3. The Bertz CT molecular complexity index is 1160. The molecule has 0 aliphatic heterocycles. The molecule has 2 N–H and O–H groups in total. The molecule has 0 saturated heterocycles. The zero-order chi connectivity index (χ0) is 23.1. The molecule has 7 heteroatoms. The number of rotatable bonds is 10. The normalized spacial score (nSPS) is 12.6. The molecule has 0 aromatic heterocycles. The molecule has 0 fully saturated rings. The summed E-state index contributed by atoms with van der Waals surface area (Å²) in [6, 6.07) is 21.0. The van der Waals surface area contributed by atoms with E-state index >= 15 is 0 Å². The molecule has 0 heterocycles. The van der Waals surface area contributed by atoms with Crippen LogP contribution in [-0.2, 0) is 10.0 Å². The van der Waals surface area contributed by atoms with Crippen LogP contribution in [0.15, 0.2) is 66.7 Å². The van der Waals surface area contributed by atoms with Crippen LogP contribution in [-0.4, -0.2) is 39.3 Å². The van der Waals surface area contributed by atoms with Crippen LogP contribution in [0.5, 0.6) is 5.75 Å². The van der Waals surface area contributed by atoms with Gasteiger partial charge in [-0.05, 0) is 60.4 Å². The van der Waals surface area contributed by atoms with Gasteiger partial charge in [0.25, 0.3) is 5.91 Å². The maximum atomic E-state index is 12.0. The number of ether oxygens (including phenoxy) is 1. The van der Waals surface area contributed by atoms with Crippen molar-refractivity contribution in [2.45, 2.75) is 31.9 Å². The number of carbonyl (C=O) groups is 1. The predicted octanol–water partition coefficient (Wildman–Crippen LogP) is 4.08. The van der Waals surface area contributed by atoms with Crippen LogP contribution in [0.2, 0.25) is 0 Å². The van der Waals surface area contributed by atoms with Gasteiger partial charge >= 0.3 is 0 Å². The highest BCUT2D eigenvalue weighted by Gasteiger charge is 2.17. The molecule has 170 valence electrons. The second kappa shape index (κ2) is 10.6. The summed E-state index contributed by atoms with van der Waals surface area (Å²) in [5, 5.41) is 4.49. The van der Waals surface area contributed by atoms with Crippen LogP contribution in [0.4, 0.5) is 0 Å². The molecule has 3 aromatic carbocycles. The van der Waals surface area contributed by atoms with Gasteiger partial charge < -0.3 is 10.1 Å². The van der Waals surface area contributed by atoms with Gasteiger partial charge in [0.1, 0.15) is 12.4 Å².